The van der Waals surface area contributed by atoms with E-state index in [0.717, 1.165) is 0 Å². The first-order valence-corrected chi connectivity index (χ1v) is 10.4. The number of nitrogens with zero attached hydrogens (tertiary/aromatic N) is 1. The maximum atomic E-state index is 12.7. The fraction of sp³-hybridized carbons (Fsp3) is 0.750. The fourth-order valence-electron chi connectivity index (χ4n) is 3.95. The largest absolute Gasteiger partial charge is 0.393 e. The lowest BCUT2D eigenvalue weighted by molar-refractivity contribution is -0.145. The zero-order valence-corrected chi connectivity index (χ0v) is 15.3. The summed E-state index contributed by atoms with van der Waals surface area (Å²) in [6.45, 7) is 3.83. The van der Waals surface area contributed by atoms with E-state index in [0.29, 0.717) is 6.42 Å². The van der Waals surface area contributed by atoms with Crippen LogP contribution in [0.25, 0.3) is 0 Å². The van der Waals surface area contributed by atoms with E-state index in [-0.39, 0.29) is 44.3 Å². The summed E-state index contributed by atoms with van der Waals surface area (Å²) in [5.41, 5.74) is -1.08. The van der Waals surface area contributed by atoms with Gasteiger partial charge in [-0.1, -0.05) is 12.2 Å². The van der Waals surface area contributed by atoms with Crippen LogP contribution in [0.2, 0.25) is 0 Å². The predicted molar refractivity (Wildman–Crippen MR) is 87.9 cm³/mol. The molecule has 0 saturated carbocycles. The topological polar surface area (TPSA) is 102 Å². The summed E-state index contributed by atoms with van der Waals surface area (Å²) >= 11 is 0. The van der Waals surface area contributed by atoms with Crippen LogP contribution in [0.4, 0.5) is 0 Å². The second-order valence-electron chi connectivity index (χ2n) is 6.41. The van der Waals surface area contributed by atoms with Gasteiger partial charge in [0, 0.05) is 6.54 Å². The fourth-order valence-corrected chi connectivity index (χ4v) is 5.59. The summed E-state index contributed by atoms with van der Waals surface area (Å²) in [6, 6.07) is 0. The Kier molecular flexibility index (Phi) is 5.19. The monoisotopic (exact) mass is 373 g/mol. The van der Waals surface area contributed by atoms with Crippen molar-refractivity contribution in [2.75, 3.05) is 32.5 Å². The van der Waals surface area contributed by atoms with Gasteiger partial charge in [0.1, 0.15) is 5.60 Å². The second-order valence-corrected chi connectivity index (χ2v) is 8.60. The molecule has 0 spiro atoms. The Labute approximate surface area is 146 Å². The van der Waals surface area contributed by atoms with E-state index in [4.69, 9.17) is 13.8 Å². The molecule has 2 amide bonds. The second kappa shape index (κ2) is 6.93. The Morgan fingerprint density at radius 1 is 1.28 bits per heavy atom. The Bertz CT molecular complexity index is 626. The summed E-state index contributed by atoms with van der Waals surface area (Å²) in [5.74, 6) is -1.87. The molecule has 25 heavy (non-hydrogen) atoms. The number of ether oxygens (including phenoxy) is 1. The molecule has 3 rings (SSSR count). The van der Waals surface area contributed by atoms with Crippen LogP contribution >= 0.6 is 7.60 Å². The molecule has 2 fully saturated rings. The molecule has 2 saturated heterocycles. The van der Waals surface area contributed by atoms with Gasteiger partial charge < -0.3 is 18.9 Å². The van der Waals surface area contributed by atoms with Gasteiger partial charge in [-0.25, -0.2) is 0 Å². The van der Waals surface area contributed by atoms with Crippen LogP contribution in [-0.4, -0.2) is 66.1 Å². The first-order valence-electron chi connectivity index (χ1n) is 8.62. The summed E-state index contributed by atoms with van der Waals surface area (Å²) in [7, 11) is -3.20. The lowest BCUT2D eigenvalue weighted by Gasteiger charge is -2.26. The Balaban J connectivity index is 1.65. The van der Waals surface area contributed by atoms with E-state index in [9.17, 15) is 19.3 Å². The minimum atomic E-state index is -3.20. The Morgan fingerprint density at radius 2 is 1.96 bits per heavy atom. The SMILES string of the molecule is CCOP(=O)(CCCN1C(=O)C2C3C=CC(CO)(O3)C2C1=O)OCC. The lowest BCUT2D eigenvalue weighted by Crippen LogP contribution is -2.43. The van der Waals surface area contributed by atoms with Gasteiger partial charge >= 0.3 is 7.60 Å². The Hall–Kier alpha value is -1.05. The van der Waals surface area contributed by atoms with E-state index in [1.165, 1.54) is 4.90 Å². The number of rotatable bonds is 9. The number of aliphatic hydroxyl groups excluding tert-OH is 1. The van der Waals surface area contributed by atoms with Crippen LogP contribution < -0.4 is 0 Å². The number of likely N-dealkylation sites (tertiary alicyclic amines) is 1. The molecule has 3 aliphatic rings. The molecular formula is C16H24NO7P. The predicted octanol–water partition coefficient (Wildman–Crippen LogP) is 0.944. The average Bonchev–Trinajstić information content (AvgIpc) is 3.21. The molecule has 1 N–H and O–H groups in total. The lowest BCUT2D eigenvalue weighted by atomic mass is 9.77. The summed E-state index contributed by atoms with van der Waals surface area (Å²) in [6.07, 6.45) is 3.44. The quantitative estimate of drug-likeness (QED) is 0.365. The van der Waals surface area contributed by atoms with Gasteiger partial charge in [0.25, 0.3) is 0 Å². The summed E-state index contributed by atoms with van der Waals surface area (Å²) in [5, 5.41) is 9.65. The highest BCUT2D eigenvalue weighted by atomic mass is 31.2. The normalized spacial score (nSPS) is 33.6. The van der Waals surface area contributed by atoms with Crippen LogP contribution in [0.1, 0.15) is 20.3 Å². The molecule has 140 valence electrons. The molecule has 2 bridgehead atoms. The molecule has 9 heteroatoms. The smallest absolute Gasteiger partial charge is 0.330 e. The van der Waals surface area contributed by atoms with Gasteiger partial charge in [0.15, 0.2) is 0 Å². The van der Waals surface area contributed by atoms with E-state index >= 15 is 0 Å². The molecule has 4 atom stereocenters. The highest BCUT2D eigenvalue weighted by Crippen LogP contribution is 2.52. The van der Waals surface area contributed by atoms with E-state index in [1.54, 1.807) is 26.0 Å². The van der Waals surface area contributed by atoms with Gasteiger partial charge in [0.05, 0.1) is 43.9 Å². The molecule has 0 radical (unpaired) electrons. The number of carbonyl (C=O) groups is 2. The number of fused-ring (bicyclic) bond motifs is 5. The van der Waals surface area contributed by atoms with Gasteiger partial charge in [-0.05, 0) is 20.3 Å². The summed E-state index contributed by atoms with van der Waals surface area (Å²) in [4.78, 5) is 26.5. The first kappa shape index (κ1) is 18.7. The highest BCUT2D eigenvalue weighted by Gasteiger charge is 2.67. The minimum Gasteiger partial charge on any atom is -0.393 e. The Morgan fingerprint density at radius 3 is 2.56 bits per heavy atom. The highest BCUT2D eigenvalue weighted by molar-refractivity contribution is 7.53. The average molecular weight is 373 g/mol. The molecule has 0 aromatic heterocycles. The third kappa shape index (κ3) is 3.00. The van der Waals surface area contributed by atoms with Gasteiger partial charge in [0.2, 0.25) is 11.8 Å². The van der Waals surface area contributed by atoms with Crippen LogP contribution in [0.15, 0.2) is 12.2 Å². The standard InChI is InChI=1S/C16H24NO7P/c1-3-22-25(21,23-4-2)9-5-8-17-14(19)12-11-6-7-16(10-18,24-11)13(12)15(17)20/h6-7,11-13,18H,3-5,8-10H2,1-2H3. The zero-order chi connectivity index (χ0) is 18.2. The van der Waals surface area contributed by atoms with Crippen molar-refractivity contribution in [2.24, 2.45) is 11.8 Å². The number of hydrogen-bond acceptors (Lipinski definition) is 7. The van der Waals surface area contributed by atoms with Crippen LogP contribution in [0.3, 0.4) is 0 Å². The van der Waals surface area contributed by atoms with E-state index in [1.807, 2.05) is 0 Å². The van der Waals surface area contributed by atoms with Crippen LogP contribution in [-0.2, 0) is 27.9 Å². The number of hydrogen-bond donors (Lipinski definition) is 1. The third-order valence-corrected chi connectivity index (χ3v) is 7.13. The number of aliphatic hydroxyl groups is 1. The molecule has 0 aromatic rings. The van der Waals surface area contributed by atoms with Crippen molar-refractivity contribution < 1.29 is 33.0 Å². The molecule has 0 aliphatic carbocycles. The van der Waals surface area contributed by atoms with E-state index in [2.05, 4.69) is 0 Å². The van der Waals surface area contributed by atoms with Crippen molar-refractivity contribution in [1.29, 1.82) is 0 Å². The zero-order valence-electron chi connectivity index (χ0n) is 14.4. The van der Waals surface area contributed by atoms with Gasteiger partial charge in [-0.2, -0.15) is 0 Å². The van der Waals surface area contributed by atoms with Crippen molar-refractivity contribution in [2.45, 2.75) is 32.0 Å². The van der Waals surface area contributed by atoms with Crippen molar-refractivity contribution in [3.63, 3.8) is 0 Å². The molecule has 0 aromatic carbocycles. The number of amides is 2. The number of carbonyl (C=O) groups excluding carboxylic acids is 2. The number of imide groups is 1. The first-order chi connectivity index (χ1) is 11.9. The van der Waals surface area contributed by atoms with Crippen LogP contribution in [0.5, 0.6) is 0 Å². The van der Waals surface area contributed by atoms with Crippen molar-refractivity contribution >= 4 is 19.4 Å². The van der Waals surface area contributed by atoms with Crippen molar-refractivity contribution in [3.05, 3.63) is 12.2 Å². The van der Waals surface area contributed by atoms with Crippen molar-refractivity contribution in [3.8, 4) is 0 Å². The third-order valence-electron chi connectivity index (χ3n) is 4.96. The summed E-state index contributed by atoms with van der Waals surface area (Å²) < 4.78 is 28.6. The molecule has 3 aliphatic heterocycles. The molecule has 3 heterocycles. The molecule has 8 nitrogen and oxygen atoms in total. The van der Waals surface area contributed by atoms with E-state index < -0.39 is 31.1 Å². The van der Waals surface area contributed by atoms with Crippen molar-refractivity contribution in [1.82, 2.24) is 4.90 Å². The maximum Gasteiger partial charge on any atom is 0.330 e. The van der Waals surface area contributed by atoms with Gasteiger partial charge in [-0.3, -0.25) is 19.1 Å². The molecule has 4 unspecified atom stereocenters. The van der Waals surface area contributed by atoms with Gasteiger partial charge in [-0.15, -0.1) is 0 Å². The molecular weight excluding hydrogens is 349 g/mol. The minimum absolute atomic E-state index is 0.143. The maximum absolute atomic E-state index is 12.7. The van der Waals surface area contributed by atoms with Crippen LogP contribution in [0, 0.1) is 11.8 Å².